The minimum Gasteiger partial charge on any atom is -0.306 e. The molecular formula is C16H19F3NO5P. The van der Waals surface area contributed by atoms with E-state index in [1.54, 1.807) is 0 Å². The van der Waals surface area contributed by atoms with E-state index < -0.39 is 29.6 Å². The number of nitro benzene ring substituents is 1. The van der Waals surface area contributed by atoms with Crippen LogP contribution in [0.4, 0.5) is 18.9 Å². The van der Waals surface area contributed by atoms with Gasteiger partial charge in [-0.1, -0.05) is 6.08 Å². The summed E-state index contributed by atoms with van der Waals surface area (Å²) in [7, 11) is -4.09. The van der Waals surface area contributed by atoms with Crippen molar-refractivity contribution in [1.82, 2.24) is 0 Å². The zero-order chi connectivity index (χ0) is 20.0. The van der Waals surface area contributed by atoms with Crippen LogP contribution in [0.3, 0.4) is 0 Å². The molecule has 0 fully saturated rings. The molecule has 1 aromatic carbocycles. The van der Waals surface area contributed by atoms with Gasteiger partial charge in [-0.25, -0.2) is 0 Å². The fourth-order valence-electron chi connectivity index (χ4n) is 2.03. The number of nitrogens with zero attached hydrogens (tertiary/aromatic N) is 1. The number of hydrogen-bond acceptors (Lipinski definition) is 5. The molecule has 0 unspecified atom stereocenters. The highest BCUT2D eigenvalue weighted by atomic mass is 31.2. The third-order valence-electron chi connectivity index (χ3n) is 3.25. The van der Waals surface area contributed by atoms with Crippen molar-refractivity contribution < 1.29 is 31.7 Å². The highest BCUT2D eigenvalue weighted by Crippen LogP contribution is 2.58. The molecule has 0 aromatic heterocycles. The van der Waals surface area contributed by atoms with Gasteiger partial charge in [0.15, 0.2) is 0 Å². The van der Waals surface area contributed by atoms with Crippen molar-refractivity contribution in [2.24, 2.45) is 0 Å². The quantitative estimate of drug-likeness (QED) is 0.245. The molecule has 0 aliphatic heterocycles. The van der Waals surface area contributed by atoms with Gasteiger partial charge < -0.3 is 9.05 Å². The number of benzene rings is 1. The third-order valence-corrected chi connectivity index (χ3v) is 5.51. The highest BCUT2D eigenvalue weighted by molar-refractivity contribution is 7.58. The van der Waals surface area contributed by atoms with Crippen LogP contribution < -0.4 is 0 Å². The van der Waals surface area contributed by atoms with E-state index in [-0.39, 0.29) is 18.9 Å². The summed E-state index contributed by atoms with van der Waals surface area (Å²) in [5.74, 6) is 0. The Labute approximate surface area is 149 Å². The molecule has 0 aliphatic carbocycles. The van der Waals surface area contributed by atoms with Crippen LogP contribution in [0.5, 0.6) is 0 Å². The number of alkyl halides is 3. The molecule has 1 aromatic rings. The largest absolute Gasteiger partial charge is 0.416 e. The molecule has 0 heterocycles. The van der Waals surface area contributed by atoms with E-state index >= 15 is 0 Å². The number of hydrogen-bond donors (Lipinski definition) is 0. The van der Waals surface area contributed by atoms with Gasteiger partial charge in [0.25, 0.3) is 5.69 Å². The number of non-ortho nitro benzene ring substituents is 1. The number of allylic oxidation sites excluding steroid dienone is 3. The van der Waals surface area contributed by atoms with E-state index in [1.807, 2.05) is 0 Å². The van der Waals surface area contributed by atoms with E-state index in [2.05, 4.69) is 0 Å². The first-order valence-corrected chi connectivity index (χ1v) is 9.19. The average molecular weight is 393 g/mol. The molecule has 26 heavy (non-hydrogen) atoms. The van der Waals surface area contributed by atoms with Crippen LogP contribution >= 0.6 is 7.60 Å². The molecule has 0 amide bonds. The zero-order valence-electron chi connectivity index (χ0n) is 14.4. The standard InChI is InChI=1S/C16H19F3NO5P/c1-4-24-26(23,25-5-2)12(3)15(16(17,18)19)11-8-13-6-9-14(10-7-13)20(21)22/h6-11H,4-5H2,1-3H3. The fourth-order valence-corrected chi connectivity index (χ4v) is 3.66. The lowest BCUT2D eigenvalue weighted by Crippen LogP contribution is -2.13. The van der Waals surface area contributed by atoms with Gasteiger partial charge in [0.05, 0.1) is 29.0 Å². The van der Waals surface area contributed by atoms with E-state index in [0.29, 0.717) is 5.56 Å². The molecule has 0 spiro atoms. The maximum atomic E-state index is 13.4. The SMILES string of the molecule is CCOP(=O)(OCC)C(C)=C(C=Cc1ccc([N+](=O)[O-])cc1)C(F)(F)F. The van der Waals surface area contributed by atoms with E-state index in [4.69, 9.17) is 9.05 Å². The summed E-state index contributed by atoms with van der Waals surface area (Å²) in [4.78, 5) is 9.99. The molecule has 0 radical (unpaired) electrons. The maximum Gasteiger partial charge on any atom is 0.416 e. The van der Waals surface area contributed by atoms with Crippen molar-refractivity contribution in [2.45, 2.75) is 26.9 Å². The Kier molecular flexibility index (Phi) is 7.74. The van der Waals surface area contributed by atoms with Crippen molar-refractivity contribution in [3.63, 3.8) is 0 Å². The number of nitro groups is 1. The van der Waals surface area contributed by atoms with Gasteiger partial charge in [0.1, 0.15) is 0 Å². The van der Waals surface area contributed by atoms with Gasteiger partial charge in [-0.05, 0) is 44.5 Å². The molecule has 0 N–H and O–H groups in total. The van der Waals surface area contributed by atoms with Crippen LogP contribution in [-0.2, 0) is 13.6 Å². The van der Waals surface area contributed by atoms with Crippen LogP contribution in [0.15, 0.2) is 41.2 Å². The van der Waals surface area contributed by atoms with Crippen molar-refractivity contribution >= 4 is 19.4 Å². The molecule has 0 atom stereocenters. The topological polar surface area (TPSA) is 78.7 Å². The third kappa shape index (κ3) is 5.79. The first-order valence-electron chi connectivity index (χ1n) is 7.65. The molecular weight excluding hydrogens is 374 g/mol. The van der Waals surface area contributed by atoms with Gasteiger partial charge in [0.2, 0.25) is 0 Å². The Morgan fingerprint density at radius 1 is 1.19 bits per heavy atom. The second kappa shape index (κ2) is 9.12. The first-order chi connectivity index (χ1) is 12.0. The molecule has 0 aliphatic rings. The lowest BCUT2D eigenvalue weighted by Gasteiger charge is -2.21. The van der Waals surface area contributed by atoms with Crippen LogP contribution in [0.2, 0.25) is 0 Å². The van der Waals surface area contributed by atoms with Crippen LogP contribution in [0.1, 0.15) is 26.3 Å². The summed E-state index contributed by atoms with van der Waals surface area (Å²) in [5, 5.41) is 10.1. The van der Waals surface area contributed by atoms with Gasteiger partial charge in [-0.2, -0.15) is 13.2 Å². The van der Waals surface area contributed by atoms with E-state index in [9.17, 15) is 27.9 Å². The van der Waals surface area contributed by atoms with Crippen LogP contribution in [-0.4, -0.2) is 24.3 Å². The smallest absolute Gasteiger partial charge is 0.306 e. The molecule has 0 saturated heterocycles. The molecule has 6 nitrogen and oxygen atoms in total. The van der Waals surface area contributed by atoms with Crippen molar-refractivity contribution in [3.8, 4) is 0 Å². The summed E-state index contributed by atoms with van der Waals surface area (Å²) < 4.78 is 62.8. The summed E-state index contributed by atoms with van der Waals surface area (Å²) in [6.45, 7) is 3.89. The summed E-state index contributed by atoms with van der Waals surface area (Å²) in [6, 6.07) is 4.97. The Morgan fingerprint density at radius 3 is 2.08 bits per heavy atom. The molecule has 10 heteroatoms. The normalized spacial score (nSPS) is 13.8. The first kappa shape index (κ1) is 22.1. The Bertz CT molecular complexity index is 731. The van der Waals surface area contributed by atoms with Crippen molar-refractivity contribution in [1.29, 1.82) is 0 Å². The lowest BCUT2D eigenvalue weighted by atomic mass is 10.1. The van der Waals surface area contributed by atoms with Crippen molar-refractivity contribution in [3.05, 3.63) is 56.9 Å². The van der Waals surface area contributed by atoms with Crippen LogP contribution in [0.25, 0.3) is 6.08 Å². The maximum absolute atomic E-state index is 13.4. The predicted octanol–water partition coefficient (Wildman–Crippen LogP) is 5.71. The van der Waals surface area contributed by atoms with Crippen molar-refractivity contribution in [2.75, 3.05) is 13.2 Å². The Balaban J connectivity index is 3.33. The van der Waals surface area contributed by atoms with Gasteiger partial charge in [-0.15, -0.1) is 0 Å². The average Bonchev–Trinajstić information content (AvgIpc) is 2.54. The van der Waals surface area contributed by atoms with E-state index in [0.717, 1.165) is 19.1 Å². The Hall–Kier alpha value is -1.96. The molecule has 0 saturated carbocycles. The molecule has 0 bridgehead atoms. The van der Waals surface area contributed by atoms with E-state index in [1.165, 1.54) is 38.1 Å². The Morgan fingerprint density at radius 2 is 1.69 bits per heavy atom. The van der Waals surface area contributed by atoms with Crippen LogP contribution in [0, 0.1) is 10.1 Å². The number of rotatable bonds is 8. The highest BCUT2D eigenvalue weighted by Gasteiger charge is 2.40. The zero-order valence-corrected chi connectivity index (χ0v) is 15.3. The minimum atomic E-state index is -4.79. The molecule has 1 rings (SSSR count). The summed E-state index contributed by atoms with van der Waals surface area (Å²) in [5.41, 5.74) is -1.02. The van der Waals surface area contributed by atoms with Gasteiger partial charge >= 0.3 is 13.8 Å². The monoisotopic (exact) mass is 393 g/mol. The summed E-state index contributed by atoms with van der Waals surface area (Å²) in [6.07, 6.45) is -2.91. The fraction of sp³-hybridized carbons (Fsp3) is 0.375. The number of halogens is 3. The molecule has 144 valence electrons. The minimum absolute atomic E-state index is 0.0776. The predicted molar refractivity (Wildman–Crippen MR) is 91.7 cm³/mol. The summed E-state index contributed by atoms with van der Waals surface area (Å²) >= 11 is 0. The lowest BCUT2D eigenvalue weighted by molar-refractivity contribution is -0.384. The second-order valence-electron chi connectivity index (χ2n) is 5.01. The second-order valence-corrected chi connectivity index (χ2v) is 7.19. The van der Waals surface area contributed by atoms with Gasteiger partial charge in [0, 0.05) is 12.1 Å². The van der Waals surface area contributed by atoms with Gasteiger partial charge in [-0.3, -0.25) is 14.7 Å².